The van der Waals surface area contributed by atoms with E-state index < -0.39 is 4.92 Å². The lowest BCUT2D eigenvalue weighted by atomic mass is 10.0. The van der Waals surface area contributed by atoms with Gasteiger partial charge in [0.05, 0.1) is 17.6 Å². The Balaban J connectivity index is 2.17. The third kappa shape index (κ3) is 3.20. The van der Waals surface area contributed by atoms with Crippen LogP contribution in [0, 0.1) is 10.1 Å². The number of nitro groups is 1. The van der Waals surface area contributed by atoms with Crippen molar-refractivity contribution in [3.05, 3.63) is 75.3 Å². The van der Waals surface area contributed by atoms with Crippen LogP contribution in [0.15, 0.2) is 48.5 Å². The number of carbonyl (C=O) groups excluding carboxylic acids is 1. The normalized spacial score (nSPS) is 10.1. The second kappa shape index (κ2) is 5.97. The SMILES string of the molecule is COC(=O)c1cccc(Cc2ccc([N+](=O)[O-])cc2)c1. The highest BCUT2D eigenvalue weighted by molar-refractivity contribution is 5.89. The molecule has 0 aliphatic rings. The first kappa shape index (κ1) is 13.7. The molecule has 0 atom stereocenters. The summed E-state index contributed by atoms with van der Waals surface area (Å²) in [6.07, 6.45) is 0.600. The summed E-state index contributed by atoms with van der Waals surface area (Å²) in [5.74, 6) is -0.379. The molecule has 0 aromatic heterocycles. The maximum atomic E-state index is 11.4. The molecule has 0 spiro atoms. The third-order valence-electron chi connectivity index (χ3n) is 2.90. The van der Waals surface area contributed by atoms with E-state index in [-0.39, 0.29) is 11.7 Å². The fourth-order valence-electron chi connectivity index (χ4n) is 1.90. The number of methoxy groups -OCH3 is 1. The first-order valence-corrected chi connectivity index (χ1v) is 6.01. The van der Waals surface area contributed by atoms with Gasteiger partial charge in [-0.3, -0.25) is 10.1 Å². The number of nitro benzene ring substituents is 1. The van der Waals surface area contributed by atoms with Crippen molar-refractivity contribution in [2.24, 2.45) is 0 Å². The number of esters is 1. The molecular weight excluding hydrogens is 258 g/mol. The molecule has 2 aromatic carbocycles. The van der Waals surface area contributed by atoms with Crippen molar-refractivity contribution < 1.29 is 14.5 Å². The molecule has 2 rings (SSSR count). The number of non-ortho nitro benzene ring substituents is 1. The van der Waals surface area contributed by atoms with Gasteiger partial charge in [-0.15, -0.1) is 0 Å². The molecule has 20 heavy (non-hydrogen) atoms. The largest absolute Gasteiger partial charge is 0.465 e. The predicted molar refractivity (Wildman–Crippen MR) is 73.7 cm³/mol. The van der Waals surface area contributed by atoms with Crippen molar-refractivity contribution in [2.45, 2.75) is 6.42 Å². The fourth-order valence-corrected chi connectivity index (χ4v) is 1.90. The maximum absolute atomic E-state index is 11.4. The zero-order valence-corrected chi connectivity index (χ0v) is 10.9. The van der Waals surface area contributed by atoms with Gasteiger partial charge >= 0.3 is 5.97 Å². The van der Waals surface area contributed by atoms with Crippen molar-refractivity contribution in [3.63, 3.8) is 0 Å². The van der Waals surface area contributed by atoms with Gasteiger partial charge < -0.3 is 4.74 Å². The van der Waals surface area contributed by atoms with Gasteiger partial charge in [-0.05, 0) is 29.7 Å². The van der Waals surface area contributed by atoms with Gasteiger partial charge in [0.25, 0.3) is 5.69 Å². The Morgan fingerprint density at radius 1 is 1.15 bits per heavy atom. The molecule has 0 N–H and O–H groups in total. The van der Waals surface area contributed by atoms with Crippen molar-refractivity contribution in [1.82, 2.24) is 0 Å². The Morgan fingerprint density at radius 3 is 2.45 bits per heavy atom. The highest BCUT2D eigenvalue weighted by atomic mass is 16.6. The molecule has 0 aliphatic heterocycles. The fraction of sp³-hybridized carbons (Fsp3) is 0.133. The molecule has 0 fully saturated rings. The Kier molecular flexibility index (Phi) is 4.10. The lowest BCUT2D eigenvalue weighted by Crippen LogP contribution is -2.01. The van der Waals surface area contributed by atoms with E-state index >= 15 is 0 Å². The van der Waals surface area contributed by atoms with E-state index in [9.17, 15) is 14.9 Å². The number of rotatable bonds is 4. The summed E-state index contributed by atoms with van der Waals surface area (Å²) < 4.78 is 4.67. The number of hydrogen-bond donors (Lipinski definition) is 0. The minimum Gasteiger partial charge on any atom is -0.465 e. The summed E-state index contributed by atoms with van der Waals surface area (Å²) in [6.45, 7) is 0. The van der Waals surface area contributed by atoms with Crippen LogP contribution >= 0.6 is 0 Å². The quantitative estimate of drug-likeness (QED) is 0.487. The summed E-state index contributed by atoms with van der Waals surface area (Å²) in [5, 5.41) is 10.6. The van der Waals surface area contributed by atoms with Crippen LogP contribution < -0.4 is 0 Å². The molecule has 0 amide bonds. The van der Waals surface area contributed by atoms with Crippen LogP contribution in [0.5, 0.6) is 0 Å². The molecule has 5 heteroatoms. The number of nitrogens with zero attached hydrogens (tertiary/aromatic N) is 1. The lowest BCUT2D eigenvalue weighted by molar-refractivity contribution is -0.384. The molecule has 0 radical (unpaired) electrons. The molecule has 0 saturated carbocycles. The van der Waals surface area contributed by atoms with Crippen LogP contribution in [0.1, 0.15) is 21.5 Å². The van der Waals surface area contributed by atoms with Crippen LogP contribution in [-0.4, -0.2) is 18.0 Å². The van der Waals surface area contributed by atoms with E-state index in [0.717, 1.165) is 11.1 Å². The molecule has 0 unspecified atom stereocenters. The van der Waals surface area contributed by atoms with Crippen LogP contribution in [-0.2, 0) is 11.2 Å². The first-order chi connectivity index (χ1) is 9.60. The summed E-state index contributed by atoms with van der Waals surface area (Å²) in [4.78, 5) is 21.6. The van der Waals surface area contributed by atoms with Gasteiger partial charge in [-0.1, -0.05) is 24.3 Å². The zero-order valence-electron chi connectivity index (χ0n) is 10.9. The lowest BCUT2D eigenvalue weighted by Gasteiger charge is -2.04. The smallest absolute Gasteiger partial charge is 0.337 e. The van der Waals surface area contributed by atoms with Crippen molar-refractivity contribution in [3.8, 4) is 0 Å². The van der Waals surface area contributed by atoms with Crippen molar-refractivity contribution in [1.29, 1.82) is 0 Å². The van der Waals surface area contributed by atoms with Gasteiger partial charge in [0.1, 0.15) is 0 Å². The van der Waals surface area contributed by atoms with Crippen molar-refractivity contribution in [2.75, 3.05) is 7.11 Å². The summed E-state index contributed by atoms with van der Waals surface area (Å²) in [5.41, 5.74) is 2.45. The Labute approximate surface area is 116 Å². The highest BCUT2D eigenvalue weighted by Gasteiger charge is 2.07. The Hall–Kier alpha value is -2.69. The molecule has 0 bridgehead atoms. The molecule has 5 nitrogen and oxygen atoms in total. The standard InChI is InChI=1S/C15H13NO4/c1-20-15(17)13-4-2-3-12(10-13)9-11-5-7-14(8-6-11)16(18)19/h2-8,10H,9H2,1H3. The third-order valence-corrected chi connectivity index (χ3v) is 2.90. The van der Waals surface area contributed by atoms with Gasteiger partial charge in [0, 0.05) is 12.1 Å². The molecule has 0 saturated heterocycles. The van der Waals surface area contributed by atoms with Gasteiger partial charge in [-0.25, -0.2) is 4.79 Å². The highest BCUT2D eigenvalue weighted by Crippen LogP contribution is 2.16. The summed E-state index contributed by atoms with van der Waals surface area (Å²) in [7, 11) is 1.34. The minimum atomic E-state index is -0.429. The average molecular weight is 271 g/mol. The summed E-state index contributed by atoms with van der Waals surface area (Å²) in [6, 6.07) is 13.5. The van der Waals surface area contributed by atoms with E-state index in [1.807, 2.05) is 6.07 Å². The topological polar surface area (TPSA) is 69.4 Å². The number of carbonyl (C=O) groups is 1. The average Bonchev–Trinajstić information content (AvgIpc) is 2.47. The van der Waals surface area contributed by atoms with E-state index in [4.69, 9.17) is 0 Å². The summed E-state index contributed by atoms with van der Waals surface area (Å²) >= 11 is 0. The first-order valence-electron chi connectivity index (χ1n) is 6.01. The second-order valence-electron chi connectivity index (χ2n) is 4.29. The van der Waals surface area contributed by atoms with Gasteiger partial charge in [0.2, 0.25) is 0 Å². The molecule has 0 heterocycles. The van der Waals surface area contributed by atoms with Crippen LogP contribution in [0.25, 0.3) is 0 Å². The van der Waals surface area contributed by atoms with Crippen LogP contribution in [0.3, 0.4) is 0 Å². The number of hydrogen-bond acceptors (Lipinski definition) is 4. The van der Waals surface area contributed by atoms with Gasteiger partial charge in [0.15, 0.2) is 0 Å². The molecule has 0 aliphatic carbocycles. The van der Waals surface area contributed by atoms with E-state index in [1.54, 1.807) is 30.3 Å². The van der Waals surface area contributed by atoms with E-state index in [0.29, 0.717) is 12.0 Å². The van der Waals surface area contributed by atoms with E-state index in [2.05, 4.69) is 4.74 Å². The second-order valence-corrected chi connectivity index (χ2v) is 4.29. The number of ether oxygens (including phenoxy) is 1. The van der Waals surface area contributed by atoms with Crippen LogP contribution in [0.2, 0.25) is 0 Å². The molecule has 102 valence electrons. The zero-order chi connectivity index (χ0) is 14.5. The maximum Gasteiger partial charge on any atom is 0.337 e. The molecule has 2 aromatic rings. The molecular formula is C15H13NO4. The monoisotopic (exact) mass is 271 g/mol. The number of benzene rings is 2. The Morgan fingerprint density at radius 2 is 1.85 bits per heavy atom. The van der Waals surface area contributed by atoms with Crippen molar-refractivity contribution >= 4 is 11.7 Å². The minimum absolute atomic E-state index is 0.0667. The van der Waals surface area contributed by atoms with E-state index in [1.165, 1.54) is 19.2 Å². The predicted octanol–water partition coefficient (Wildman–Crippen LogP) is 2.97. The van der Waals surface area contributed by atoms with Crippen LogP contribution in [0.4, 0.5) is 5.69 Å². The van der Waals surface area contributed by atoms with Gasteiger partial charge in [-0.2, -0.15) is 0 Å². The Bertz CT molecular complexity index is 635.